The topological polar surface area (TPSA) is 97.1 Å². The zero-order valence-electron chi connectivity index (χ0n) is 16.8. The van der Waals surface area contributed by atoms with Crippen LogP contribution in [0.3, 0.4) is 0 Å². The van der Waals surface area contributed by atoms with Crippen molar-refractivity contribution in [3.8, 4) is 11.4 Å². The summed E-state index contributed by atoms with van der Waals surface area (Å²) >= 11 is 0. The third-order valence-electron chi connectivity index (χ3n) is 5.07. The molecule has 2 amide bonds. The summed E-state index contributed by atoms with van der Waals surface area (Å²) in [6.07, 6.45) is 2.59. The number of amides is 2. The van der Waals surface area contributed by atoms with Crippen molar-refractivity contribution >= 4 is 17.5 Å². The second-order valence-electron chi connectivity index (χ2n) is 7.55. The summed E-state index contributed by atoms with van der Waals surface area (Å²) in [5.41, 5.74) is 2.62. The van der Waals surface area contributed by atoms with E-state index in [0.717, 1.165) is 29.7 Å². The molecule has 7 heteroatoms. The zero-order valence-corrected chi connectivity index (χ0v) is 16.8. The smallest absolute Gasteiger partial charge is 0.227 e. The van der Waals surface area contributed by atoms with Crippen LogP contribution in [0.2, 0.25) is 0 Å². The first-order chi connectivity index (χ1) is 14.6. The summed E-state index contributed by atoms with van der Waals surface area (Å²) in [6, 6.07) is 17.0. The van der Waals surface area contributed by atoms with Crippen molar-refractivity contribution in [3.05, 3.63) is 66.1 Å². The Morgan fingerprint density at radius 1 is 1.10 bits per heavy atom. The average Bonchev–Trinajstić information content (AvgIpc) is 3.51. The molecule has 1 aromatic heterocycles. The largest absolute Gasteiger partial charge is 0.350 e. The third-order valence-corrected chi connectivity index (χ3v) is 5.07. The summed E-state index contributed by atoms with van der Waals surface area (Å²) in [6.45, 7) is 1.93. The first kappa shape index (κ1) is 19.8. The number of hydrogen-bond acceptors (Lipinski definition) is 5. The lowest BCUT2D eigenvalue weighted by Crippen LogP contribution is -2.26. The van der Waals surface area contributed by atoms with Crippen molar-refractivity contribution in [3.63, 3.8) is 0 Å². The maximum Gasteiger partial charge on any atom is 0.227 e. The average molecular weight is 404 g/mol. The molecule has 0 saturated heterocycles. The molecule has 2 N–H and O–H groups in total. The number of hydrogen-bond donors (Lipinski definition) is 2. The van der Waals surface area contributed by atoms with Gasteiger partial charge in [-0.05, 0) is 37.5 Å². The minimum absolute atomic E-state index is 0.0838. The Hall–Kier alpha value is -3.48. The van der Waals surface area contributed by atoms with Crippen molar-refractivity contribution in [1.82, 2.24) is 15.5 Å². The molecule has 1 saturated carbocycles. The van der Waals surface area contributed by atoms with E-state index in [1.54, 1.807) is 0 Å². The summed E-state index contributed by atoms with van der Waals surface area (Å²) in [4.78, 5) is 28.5. The Morgan fingerprint density at radius 2 is 1.83 bits per heavy atom. The van der Waals surface area contributed by atoms with Gasteiger partial charge in [0.25, 0.3) is 0 Å². The van der Waals surface area contributed by atoms with E-state index in [-0.39, 0.29) is 30.2 Å². The predicted octanol–water partition coefficient (Wildman–Crippen LogP) is 3.90. The maximum absolute atomic E-state index is 12.3. The third kappa shape index (κ3) is 5.11. The Balaban J connectivity index is 1.25. The minimum Gasteiger partial charge on any atom is -0.350 e. The summed E-state index contributed by atoms with van der Waals surface area (Å²) in [5, 5.41) is 9.86. The van der Waals surface area contributed by atoms with Crippen LogP contribution >= 0.6 is 0 Å². The molecule has 30 heavy (non-hydrogen) atoms. The number of aryl methyl sites for hydroxylation is 1. The lowest BCUT2D eigenvalue weighted by Gasteiger charge is -2.15. The number of carbonyl (C=O) groups excluding carboxylic acids is 2. The molecule has 2 aromatic carbocycles. The van der Waals surface area contributed by atoms with Crippen LogP contribution in [0.15, 0.2) is 59.1 Å². The van der Waals surface area contributed by atoms with Gasteiger partial charge in [0.15, 0.2) is 0 Å². The lowest BCUT2D eigenvalue weighted by molar-refractivity contribution is -0.121. The van der Waals surface area contributed by atoms with Crippen molar-refractivity contribution < 1.29 is 14.1 Å². The maximum atomic E-state index is 12.3. The molecule has 1 aliphatic carbocycles. The molecule has 1 unspecified atom stereocenters. The number of carbonyl (C=O) groups is 2. The van der Waals surface area contributed by atoms with Gasteiger partial charge >= 0.3 is 0 Å². The van der Waals surface area contributed by atoms with E-state index >= 15 is 0 Å². The summed E-state index contributed by atoms with van der Waals surface area (Å²) in [5.74, 6) is 1.12. The van der Waals surface area contributed by atoms with Crippen LogP contribution in [0.5, 0.6) is 0 Å². The first-order valence-corrected chi connectivity index (χ1v) is 10.2. The van der Waals surface area contributed by atoms with E-state index in [4.69, 9.17) is 4.52 Å². The second kappa shape index (κ2) is 8.90. The number of anilines is 1. The monoisotopic (exact) mass is 404 g/mol. The van der Waals surface area contributed by atoms with Gasteiger partial charge < -0.3 is 15.2 Å². The molecule has 0 bridgehead atoms. The van der Waals surface area contributed by atoms with Gasteiger partial charge in [0.1, 0.15) is 0 Å². The van der Waals surface area contributed by atoms with E-state index in [1.165, 1.54) is 0 Å². The van der Waals surface area contributed by atoms with E-state index in [0.29, 0.717) is 18.1 Å². The van der Waals surface area contributed by atoms with Crippen LogP contribution in [-0.2, 0) is 16.0 Å². The number of nitrogens with one attached hydrogen (secondary N) is 2. The predicted molar refractivity (Wildman–Crippen MR) is 112 cm³/mol. The first-order valence-electron chi connectivity index (χ1n) is 10.2. The molecule has 1 heterocycles. The Labute approximate surface area is 174 Å². The molecule has 154 valence electrons. The molecule has 0 spiro atoms. The van der Waals surface area contributed by atoms with Crippen LogP contribution < -0.4 is 10.6 Å². The molecule has 0 radical (unpaired) electrons. The number of rotatable bonds is 8. The fourth-order valence-corrected chi connectivity index (χ4v) is 3.12. The van der Waals surface area contributed by atoms with E-state index < -0.39 is 0 Å². The highest BCUT2D eigenvalue weighted by Gasteiger charge is 2.29. The molecule has 1 fully saturated rings. The highest BCUT2D eigenvalue weighted by molar-refractivity contribution is 5.94. The Kier molecular flexibility index (Phi) is 5.88. The van der Waals surface area contributed by atoms with Crippen LogP contribution in [0, 0.1) is 5.92 Å². The number of aromatic nitrogens is 2. The summed E-state index contributed by atoms with van der Waals surface area (Å²) < 4.78 is 5.25. The van der Waals surface area contributed by atoms with Crippen molar-refractivity contribution in [2.75, 3.05) is 5.32 Å². The van der Waals surface area contributed by atoms with Crippen LogP contribution in [-0.4, -0.2) is 22.0 Å². The van der Waals surface area contributed by atoms with Crippen LogP contribution in [0.4, 0.5) is 5.69 Å². The van der Waals surface area contributed by atoms with Crippen molar-refractivity contribution in [1.29, 1.82) is 0 Å². The molecule has 1 aliphatic rings. The number of benzene rings is 2. The summed E-state index contributed by atoms with van der Waals surface area (Å²) in [7, 11) is 0. The van der Waals surface area contributed by atoms with Crippen LogP contribution in [0.1, 0.15) is 43.7 Å². The lowest BCUT2D eigenvalue weighted by atomic mass is 10.1. The molecule has 4 rings (SSSR count). The molecule has 1 atom stereocenters. The fraction of sp³-hybridized carbons (Fsp3) is 0.304. The van der Waals surface area contributed by atoms with Gasteiger partial charge in [-0.25, -0.2) is 0 Å². The van der Waals surface area contributed by atoms with Crippen molar-refractivity contribution in [2.24, 2.45) is 5.92 Å². The Bertz CT molecular complexity index is 1010. The quantitative estimate of drug-likeness (QED) is 0.594. The van der Waals surface area contributed by atoms with Crippen LogP contribution in [0.25, 0.3) is 11.4 Å². The standard InChI is InChI=1S/C23H24N4O3/c1-15(16-9-11-19(12-10-16)25-23(29)18-7-8-18)24-20(28)13-14-21-26-22(27-30-21)17-5-3-2-4-6-17/h2-6,9-12,15,18H,7-8,13-14H2,1H3,(H,24,28)(H,25,29). The van der Waals surface area contributed by atoms with Gasteiger partial charge in [-0.3, -0.25) is 9.59 Å². The van der Waals surface area contributed by atoms with E-state index in [9.17, 15) is 9.59 Å². The van der Waals surface area contributed by atoms with Crippen molar-refractivity contribution in [2.45, 2.75) is 38.6 Å². The van der Waals surface area contributed by atoms with E-state index in [2.05, 4.69) is 20.8 Å². The van der Waals surface area contributed by atoms with E-state index in [1.807, 2.05) is 61.5 Å². The molecular formula is C23H24N4O3. The Morgan fingerprint density at radius 3 is 2.53 bits per heavy atom. The fourth-order valence-electron chi connectivity index (χ4n) is 3.12. The molecule has 0 aliphatic heterocycles. The zero-order chi connectivity index (χ0) is 20.9. The van der Waals surface area contributed by atoms with Gasteiger partial charge in [0, 0.05) is 30.0 Å². The SMILES string of the molecule is CC(NC(=O)CCc1nc(-c2ccccc2)no1)c1ccc(NC(=O)C2CC2)cc1. The molecule has 7 nitrogen and oxygen atoms in total. The molecular weight excluding hydrogens is 380 g/mol. The molecule has 3 aromatic rings. The highest BCUT2D eigenvalue weighted by Crippen LogP contribution is 2.30. The highest BCUT2D eigenvalue weighted by atomic mass is 16.5. The normalized spacial score (nSPS) is 14.2. The second-order valence-corrected chi connectivity index (χ2v) is 7.55. The van der Waals surface area contributed by atoms with Gasteiger partial charge in [-0.1, -0.05) is 47.6 Å². The van der Waals surface area contributed by atoms with Gasteiger partial charge in [-0.15, -0.1) is 0 Å². The van der Waals surface area contributed by atoms with Gasteiger partial charge in [0.05, 0.1) is 6.04 Å². The van der Waals surface area contributed by atoms with Gasteiger partial charge in [-0.2, -0.15) is 4.98 Å². The van der Waals surface area contributed by atoms with Gasteiger partial charge in [0.2, 0.25) is 23.5 Å². The minimum atomic E-state index is -0.145. The number of nitrogens with zero attached hydrogens (tertiary/aromatic N) is 2.